The van der Waals surface area contributed by atoms with Crippen LogP contribution in [0.2, 0.25) is 0 Å². The van der Waals surface area contributed by atoms with Crippen LogP contribution in [0, 0.1) is 0 Å². The molecule has 1 aliphatic rings. The minimum Gasteiger partial charge on any atom is -0.387 e. The minimum atomic E-state index is -0.893. The second-order valence-corrected chi connectivity index (χ2v) is 6.46. The summed E-state index contributed by atoms with van der Waals surface area (Å²) in [5.41, 5.74) is 5.29. The zero-order chi connectivity index (χ0) is 17.6. The number of nitrogens with one attached hydrogen (secondary N) is 1. The molecular formula is C17H26N4O3. The number of nitrogens with two attached hydrogens (primary N) is 1. The first kappa shape index (κ1) is 18.2. The van der Waals surface area contributed by atoms with E-state index in [4.69, 9.17) is 5.73 Å². The van der Waals surface area contributed by atoms with Gasteiger partial charge in [0.25, 0.3) is 0 Å². The van der Waals surface area contributed by atoms with Crippen LogP contribution in [-0.4, -0.2) is 65.7 Å². The number of carbonyl (C=O) groups excluding carboxylic acids is 2. The molecule has 24 heavy (non-hydrogen) atoms. The van der Waals surface area contributed by atoms with Crippen molar-refractivity contribution in [3.05, 3.63) is 35.9 Å². The average molecular weight is 334 g/mol. The molecule has 0 radical (unpaired) electrons. The lowest BCUT2D eigenvalue weighted by molar-refractivity contribution is -0.132. The van der Waals surface area contributed by atoms with Crippen LogP contribution in [0.4, 0.5) is 4.79 Å². The van der Waals surface area contributed by atoms with Crippen molar-refractivity contribution in [2.45, 2.75) is 25.0 Å². The molecule has 1 heterocycles. The Morgan fingerprint density at radius 3 is 2.75 bits per heavy atom. The summed E-state index contributed by atoms with van der Waals surface area (Å²) in [6, 6.07) is 9.49. The molecule has 0 aliphatic carbocycles. The fourth-order valence-corrected chi connectivity index (χ4v) is 3.06. The summed E-state index contributed by atoms with van der Waals surface area (Å²) in [5.74, 6) is -0.126. The first-order chi connectivity index (χ1) is 11.4. The summed E-state index contributed by atoms with van der Waals surface area (Å²) >= 11 is 0. The zero-order valence-electron chi connectivity index (χ0n) is 14.1. The van der Waals surface area contributed by atoms with Crippen LogP contribution in [0.15, 0.2) is 30.3 Å². The van der Waals surface area contributed by atoms with E-state index in [2.05, 4.69) is 22.3 Å². The molecular weight excluding hydrogens is 308 g/mol. The SMILES string of the molecule is CN(CC1(O)CCN(Cc2ccccc2)C1)C(=O)CCNC(N)=O. The highest BCUT2D eigenvalue weighted by molar-refractivity contribution is 5.77. The Morgan fingerprint density at radius 2 is 2.08 bits per heavy atom. The van der Waals surface area contributed by atoms with E-state index >= 15 is 0 Å². The Balaban J connectivity index is 1.79. The van der Waals surface area contributed by atoms with Crippen LogP contribution >= 0.6 is 0 Å². The summed E-state index contributed by atoms with van der Waals surface area (Å²) in [6.07, 6.45) is 0.806. The van der Waals surface area contributed by atoms with Gasteiger partial charge in [0.05, 0.1) is 12.1 Å². The lowest BCUT2D eigenvalue weighted by Gasteiger charge is -2.29. The van der Waals surface area contributed by atoms with Gasteiger partial charge in [-0.1, -0.05) is 30.3 Å². The first-order valence-corrected chi connectivity index (χ1v) is 8.14. The van der Waals surface area contributed by atoms with E-state index in [9.17, 15) is 14.7 Å². The van der Waals surface area contributed by atoms with Gasteiger partial charge in [-0.05, 0) is 12.0 Å². The summed E-state index contributed by atoms with van der Waals surface area (Å²) in [4.78, 5) is 26.4. The monoisotopic (exact) mass is 334 g/mol. The summed E-state index contributed by atoms with van der Waals surface area (Å²) in [6.45, 7) is 2.63. The first-order valence-electron chi connectivity index (χ1n) is 8.14. The van der Waals surface area contributed by atoms with Gasteiger partial charge in [0.2, 0.25) is 5.91 Å². The van der Waals surface area contributed by atoms with E-state index in [1.54, 1.807) is 7.05 Å². The van der Waals surface area contributed by atoms with Gasteiger partial charge in [0, 0.05) is 39.6 Å². The Kier molecular flexibility index (Phi) is 6.16. The normalized spacial score (nSPS) is 20.8. The predicted octanol–water partition coefficient (Wildman–Crippen LogP) is 0.140. The number of aliphatic hydroxyl groups is 1. The number of likely N-dealkylation sites (N-methyl/N-ethyl adjacent to an activating group) is 1. The smallest absolute Gasteiger partial charge is 0.312 e. The lowest BCUT2D eigenvalue weighted by atomic mass is 10.0. The molecule has 2 rings (SSSR count). The quantitative estimate of drug-likeness (QED) is 0.660. The molecule has 132 valence electrons. The maximum absolute atomic E-state index is 12.0. The number of hydrogen-bond donors (Lipinski definition) is 3. The van der Waals surface area contributed by atoms with Gasteiger partial charge in [0.1, 0.15) is 0 Å². The fraction of sp³-hybridized carbons (Fsp3) is 0.529. The van der Waals surface area contributed by atoms with Crippen molar-refractivity contribution in [3.63, 3.8) is 0 Å². The fourth-order valence-electron chi connectivity index (χ4n) is 3.06. The predicted molar refractivity (Wildman–Crippen MR) is 91.1 cm³/mol. The van der Waals surface area contributed by atoms with Crippen LogP contribution in [0.25, 0.3) is 0 Å². The van der Waals surface area contributed by atoms with Crippen molar-refractivity contribution in [1.82, 2.24) is 15.1 Å². The molecule has 3 amide bonds. The average Bonchev–Trinajstić information content (AvgIpc) is 2.88. The number of nitrogens with zero attached hydrogens (tertiary/aromatic N) is 2. The highest BCUT2D eigenvalue weighted by atomic mass is 16.3. The molecule has 1 atom stereocenters. The number of rotatable bonds is 7. The van der Waals surface area contributed by atoms with Gasteiger partial charge in [0.15, 0.2) is 0 Å². The molecule has 0 saturated carbocycles. The second-order valence-electron chi connectivity index (χ2n) is 6.46. The van der Waals surface area contributed by atoms with Crippen molar-refractivity contribution in [1.29, 1.82) is 0 Å². The summed E-state index contributed by atoms with van der Waals surface area (Å²) < 4.78 is 0. The topological polar surface area (TPSA) is 98.9 Å². The molecule has 0 spiro atoms. The van der Waals surface area contributed by atoms with E-state index in [0.717, 1.165) is 13.1 Å². The maximum atomic E-state index is 12.0. The van der Waals surface area contributed by atoms with Crippen molar-refractivity contribution < 1.29 is 14.7 Å². The van der Waals surface area contributed by atoms with Crippen LogP contribution in [0.3, 0.4) is 0 Å². The summed E-state index contributed by atoms with van der Waals surface area (Å²) in [5, 5.41) is 13.1. The molecule has 0 bridgehead atoms. The van der Waals surface area contributed by atoms with Gasteiger partial charge in [-0.15, -0.1) is 0 Å². The van der Waals surface area contributed by atoms with Crippen LogP contribution in [0.1, 0.15) is 18.4 Å². The third-order valence-electron chi connectivity index (χ3n) is 4.26. The molecule has 7 nitrogen and oxygen atoms in total. The number of primary amides is 1. The van der Waals surface area contributed by atoms with E-state index in [0.29, 0.717) is 13.0 Å². The number of amides is 3. The maximum Gasteiger partial charge on any atom is 0.312 e. The number of β-amino-alcohol motifs (C(OH)–C–C–N with tert-alkyl or cyclic N) is 1. The molecule has 4 N–H and O–H groups in total. The van der Waals surface area contributed by atoms with Gasteiger partial charge in [-0.2, -0.15) is 0 Å². The van der Waals surface area contributed by atoms with Crippen LogP contribution in [0.5, 0.6) is 0 Å². The molecule has 1 unspecified atom stereocenters. The van der Waals surface area contributed by atoms with Crippen LogP contribution in [-0.2, 0) is 11.3 Å². The largest absolute Gasteiger partial charge is 0.387 e. The Hall–Kier alpha value is -2.12. The molecule has 1 aliphatic heterocycles. The summed E-state index contributed by atoms with van der Waals surface area (Å²) in [7, 11) is 1.67. The molecule has 7 heteroatoms. The molecule has 1 saturated heterocycles. The standard InChI is InChI=1S/C17H26N4O3/c1-20(15(22)7-9-19-16(18)23)12-17(24)8-10-21(13-17)11-14-5-3-2-4-6-14/h2-6,24H,7-13H2,1H3,(H3,18,19,23). The van der Waals surface area contributed by atoms with Crippen molar-refractivity contribution in [2.75, 3.05) is 33.2 Å². The molecule has 1 aromatic carbocycles. The van der Waals surface area contributed by atoms with E-state index in [-0.39, 0.29) is 25.4 Å². The third kappa shape index (κ3) is 5.50. The third-order valence-corrected chi connectivity index (χ3v) is 4.26. The van der Waals surface area contributed by atoms with Crippen molar-refractivity contribution in [2.24, 2.45) is 5.73 Å². The van der Waals surface area contributed by atoms with Crippen LogP contribution < -0.4 is 11.1 Å². The zero-order valence-corrected chi connectivity index (χ0v) is 14.1. The molecule has 1 aromatic rings. The van der Waals surface area contributed by atoms with E-state index in [1.807, 2.05) is 18.2 Å². The number of urea groups is 1. The Bertz CT molecular complexity index is 566. The highest BCUT2D eigenvalue weighted by Crippen LogP contribution is 2.24. The van der Waals surface area contributed by atoms with Crippen molar-refractivity contribution in [3.8, 4) is 0 Å². The van der Waals surface area contributed by atoms with Gasteiger partial charge in [-0.25, -0.2) is 4.79 Å². The molecule has 0 aromatic heterocycles. The number of likely N-dealkylation sites (tertiary alicyclic amines) is 1. The van der Waals surface area contributed by atoms with Crippen molar-refractivity contribution >= 4 is 11.9 Å². The van der Waals surface area contributed by atoms with Gasteiger partial charge in [-0.3, -0.25) is 9.69 Å². The number of carbonyl (C=O) groups is 2. The second kappa shape index (κ2) is 8.12. The Morgan fingerprint density at radius 1 is 1.38 bits per heavy atom. The number of hydrogen-bond acceptors (Lipinski definition) is 4. The number of benzene rings is 1. The lowest BCUT2D eigenvalue weighted by Crippen LogP contribution is -2.46. The van der Waals surface area contributed by atoms with Gasteiger partial charge < -0.3 is 21.1 Å². The Labute approximate surface area is 142 Å². The van der Waals surface area contributed by atoms with E-state index < -0.39 is 11.6 Å². The molecule has 1 fully saturated rings. The highest BCUT2D eigenvalue weighted by Gasteiger charge is 2.37. The minimum absolute atomic E-state index is 0.126. The van der Waals surface area contributed by atoms with Gasteiger partial charge >= 0.3 is 6.03 Å². The van der Waals surface area contributed by atoms with E-state index in [1.165, 1.54) is 10.5 Å².